The van der Waals surface area contributed by atoms with Crippen LogP contribution in [0.1, 0.15) is 117 Å². The predicted molar refractivity (Wildman–Crippen MR) is 132 cm³/mol. The molecule has 1 rings (SSSR count). The van der Waals surface area contributed by atoms with E-state index in [9.17, 15) is 4.79 Å². The molecule has 0 saturated heterocycles. The normalized spacial score (nSPS) is 10.8. The summed E-state index contributed by atoms with van der Waals surface area (Å²) in [5.74, 6) is 1.57. The van der Waals surface area contributed by atoms with Gasteiger partial charge in [-0.15, -0.1) is 0 Å². The molecule has 0 aliphatic rings. The van der Waals surface area contributed by atoms with Gasteiger partial charge in [0.25, 0.3) is 0 Å². The van der Waals surface area contributed by atoms with Gasteiger partial charge in [0, 0.05) is 18.2 Å². The molecular weight excluding hydrogens is 386 g/mol. The monoisotopic (exact) mass is 433 g/mol. The second-order valence-corrected chi connectivity index (χ2v) is 8.55. The molecule has 0 heterocycles. The lowest BCUT2D eigenvalue weighted by Crippen LogP contribution is -2.11. The number of carbonyl (C=O) groups excluding carboxylic acids is 1. The zero-order valence-electron chi connectivity index (χ0n) is 20.5. The molecule has 0 atom stereocenters. The summed E-state index contributed by atoms with van der Waals surface area (Å²) in [6.07, 6.45) is 17.6. The molecule has 178 valence electrons. The molecule has 1 amide bonds. The molecular formula is C27H47NO3. The van der Waals surface area contributed by atoms with Gasteiger partial charge >= 0.3 is 0 Å². The van der Waals surface area contributed by atoms with Crippen LogP contribution in [0.15, 0.2) is 18.2 Å². The van der Waals surface area contributed by atoms with Crippen LogP contribution >= 0.6 is 0 Å². The minimum Gasteiger partial charge on any atom is -0.490 e. The second kappa shape index (κ2) is 19.0. The van der Waals surface area contributed by atoms with Crippen LogP contribution in [0.2, 0.25) is 0 Å². The maximum Gasteiger partial charge on any atom is 0.224 e. The lowest BCUT2D eigenvalue weighted by molar-refractivity contribution is -0.116. The summed E-state index contributed by atoms with van der Waals surface area (Å²) in [7, 11) is 0. The third-order valence-corrected chi connectivity index (χ3v) is 5.50. The number of rotatable bonds is 20. The summed E-state index contributed by atoms with van der Waals surface area (Å²) in [6, 6.07) is 5.71. The van der Waals surface area contributed by atoms with E-state index in [1.807, 2.05) is 18.2 Å². The Morgan fingerprint density at radius 1 is 0.677 bits per heavy atom. The van der Waals surface area contributed by atoms with Crippen molar-refractivity contribution in [2.24, 2.45) is 0 Å². The van der Waals surface area contributed by atoms with Crippen LogP contribution in [0.3, 0.4) is 0 Å². The van der Waals surface area contributed by atoms with Gasteiger partial charge in [-0.1, -0.05) is 91.4 Å². The van der Waals surface area contributed by atoms with E-state index < -0.39 is 0 Å². The molecule has 0 aliphatic heterocycles. The molecule has 4 nitrogen and oxygen atoms in total. The highest BCUT2D eigenvalue weighted by Crippen LogP contribution is 2.31. The Morgan fingerprint density at radius 3 is 1.77 bits per heavy atom. The van der Waals surface area contributed by atoms with Crippen molar-refractivity contribution >= 4 is 11.6 Å². The van der Waals surface area contributed by atoms with Crippen LogP contribution < -0.4 is 14.8 Å². The largest absolute Gasteiger partial charge is 0.490 e. The molecule has 0 spiro atoms. The van der Waals surface area contributed by atoms with Crippen LogP contribution in [0.5, 0.6) is 11.5 Å². The van der Waals surface area contributed by atoms with Crippen molar-refractivity contribution in [3.63, 3.8) is 0 Å². The highest BCUT2D eigenvalue weighted by atomic mass is 16.5. The molecule has 4 heteroatoms. The number of ether oxygens (including phenoxy) is 2. The Hall–Kier alpha value is -1.71. The first-order valence-electron chi connectivity index (χ1n) is 12.9. The number of anilines is 1. The zero-order chi connectivity index (χ0) is 22.6. The van der Waals surface area contributed by atoms with Gasteiger partial charge in [0.05, 0.1) is 13.2 Å². The van der Waals surface area contributed by atoms with E-state index in [-0.39, 0.29) is 5.91 Å². The molecule has 0 bridgehead atoms. The van der Waals surface area contributed by atoms with E-state index in [4.69, 9.17) is 9.47 Å². The summed E-state index contributed by atoms with van der Waals surface area (Å²) >= 11 is 0. The van der Waals surface area contributed by atoms with Gasteiger partial charge in [0.1, 0.15) is 0 Å². The van der Waals surface area contributed by atoms with Crippen molar-refractivity contribution in [1.82, 2.24) is 0 Å². The van der Waals surface area contributed by atoms with Gasteiger partial charge < -0.3 is 14.8 Å². The van der Waals surface area contributed by atoms with Crippen molar-refractivity contribution in [2.75, 3.05) is 18.5 Å². The maximum absolute atomic E-state index is 12.3. The number of benzene rings is 1. The Bertz CT molecular complexity index is 574. The minimum absolute atomic E-state index is 0.0822. The Kier molecular flexibility index (Phi) is 16.8. The van der Waals surface area contributed by atoms with Gasteiger partial charge in [0.2, 0.25) is 5.91 Å². The molecule has 31 heavy (non-hydrogen) atoms. The molecule has 1 N–H and O–H groups in total. The first kappa shape index (κ1) is 27.3. The summed E-state index contributed by atoms with van der Waals surface area (Å²) in [5, 5.41) is 3.02. The molecule has 1 aromatic carbocycles. The molecule has 1 aromatic rings. The van der Waals surface area contributed by atoms with Gasteiger partial charge in [-0.2, -0.15) is 0 Å². The third kappa shape index (κ3) is 14.1. The van der Waals surface area contributed by atoms with Gasteiger partial charge in [-0.05, 0) is 31.4 Å². The van der Waals surface area contributed by atoms with Gasteiger partial charge in [-0.3, -0.25) is 4.79 Å². The van der Waals surface area contributed by atoms with E-state index in [2.05, 4.69) is 26.1 Å². The van der Waals surface area contributed by atoms with Gasteiger partial charge in [-0.25, -0.2) is 0 Å². The van der Waals surface area contributed by atoms with E-state index >= 15 is 0 Å². The number of amides is 1. The van der Waals surface area contributed by atoms with Crippen molar-refractivity contribution in [2.45, 2.75) is 117 Å². The quantitative estimate of drug-likeness (QED) is 0.210. The molecule has 0 fully saturated rings. The minimum atomic E-state index is 0.0822. The zero-order valence-corrected chi connectivity index (χ0v) is 20.5. The first-order chi connectivity index (χ1) is 15.2. The average molecular weight is 434 g/mol. The first-order valence-corrected chi connectivity index (χ1v) is 12.9. The van der Waals surface area contributed by atoms with E-state index in [1.165, 1.54) is 51.4 Å². The highest BCUT2D eigenvalue weighted by Gasteiger charge is 2.09. The molecule has 0 aromatic heterocycles. The fourth-order valence-corrected chi connectivity index (χ4v) is 3.47. The number of hydrogen-bond donors (Lipinski definition) is 1. The highest BCUT2D eigenvalue weighted by molar-refractivity contribution is 5.91. The summed E-state index contributed by atoms with van der Waals surface area (Å²) in [4.78, 5) is 12.3. The molecule has 0 aliphatic carbocycles. The summed E-state index contributed by atoms with van der Waals surface area (Å²) in [6.45, 7) is 7.90. The lowest BCUT2D eigenvalue weighted by Gasteiger charge is -2.14. The Balaban J connectivity index is 2.32. The number of nitrogens with one attached hydrogen (secondary N) is 1. The third-order valence-electron chi connectivity index (χ3n) is 5.50. The van der Waals surface area contributed by atoms with Crippen molar-refractivity contribution in [3.05, 3.63) is 18.2 Å². The average Bonchev–Trinajstić information content (AvgIpc) is 2.76. The van der Waals surface area contributed by atoms with Crippen LogP contribution in [0.25, 0.3) is 0 Å². The maximum atomic E-state index is 12.3. The number of carbonyl (C=O) groups is 1. The standard InChI is InChI=1S/C27H47NO3/c1-4-7-10-11-12-13-14-15-16-17-18-27(29)28-24-19-20-25(30-21-8-5-2)26(23-24)31-22-9-6-3/h19-20,23H,4-18,21-22H2,1-3H3,(H,28,29). The van der Waals surface area contributed by atoms with E-state index in [0.717, 1.165) is 55.7 Å². The van der Waals surface area contributed by atoms with E-state index in [0.29, 0.717) is 19.6 Å². The lowest BCUT2D eigenvalue weighted by atomic mass is 10.1. The molecule has 0 unspecified atom stereocenters. The summed E-state index contributed by atoms with van der Waals surface area (Å²) < 4.78 is 11.8. The fraction of sp³-hybridized carbons (Fsp3) is 0.741. The van der Waals surface area contributed by atoms with E-state index in [1.54, 1.807) is 0 Å². The Labute approximate surface area is 191 Å². The molecule has 0 radical (unpaired) electrons. The second-order valence-electron chi connectivity index (χ2n) is 8.55. The van der Waals surface area contributed by atoms with Crippen molar-refractivity contribution in [1.29, 1.82) is 0 Å². The smallest absolute Gasteiger partial charge is 0.224 e. The van der Waals surface area contributed by atoms with Crippen LogP contribution in [-0.4, -0.2) is 19.1 Å². The van der Waals surface area contributed by atoms with Crippen LogP contribution in [0.4, 0.5) is 5.69 Å². The van der Waals surface area contributed by atoms with Crippen molar-refractivity contribution < 1.29 is 14.3 Å². The number of hydrogen-bond acceptors (Lipinski definition) is 3. The number of unbranched alkanes of at least 4 members (excludes halogenated alkanes) is 11. The van der Waals surface area contributed by atoms with Crippen molar-refractivity contribution in [3.8, 4) is 11.5 Å². The molecule has 0 saturated carbocycles. The fourth-order valence-electron chi connectivity index (χ4n) is 3.47. The topological polar surface area (TPSA) is 47.6 Å². The van der Waals surface area contributed by atoms with Gasteiger partial charge in [0.15, 0.2) is 11.5 Å². The van der Waals surface area contributed by atoms with Crippen LogP contribution in [0, 0.1) is 0 Å². The predicted octanol–water partition coefficient (Wildman–Crippen LogP) is 8.29. The summed E-state index contributed by atoms with van der Waals surface area (Å²) in [5.41, 5.74) is 0.784. The SMILES string of the molecule is CCCCCCCCCCCCC(=O)Nc1ccc(OCCCC)c(OCCCC)c1. The Morgan fingerprint density at radius 2 is 1.19 bits per heavy atom. The van der Waals surface area contributed by atoms with Crippen LogP contribution in [-0.2, 0) is 4.79 Å².